The molecule has 2 nitrogen and oxygen atoms in total. The van der Waals surface area contributed by atoms with Gasteiger partial charge in [-0.05, 0) is 6.92 Å². The van der Waals surface area contributed by atoms with Gasteiger partial charge < -0.3 is 12.4 Å². The minimum absolute atomic E-state index is 0. The number of rotatable bonds is 1. The van der Waals surface area contributed by atoms with Crippen LogP contribution in [0.2, 0.25) is 0 Å². The third kappa shape index (κ3) is 2.18. The lowest BCUT2D eigenvalue weighted by Crippen LogP contribution is -3.00. The maximum Gasteiger partial charge on any atom is 0.235 e. The summed E-state index contributed by atoms with van der Waals surface area (Å²) in [6.07, 6.45) is 0. The van der Waals surface area contributed by atoms with E-state index in [2.05, 4.69) is 13.0 Å². The van der Waals surface area contributed by atoms with E-state index in [9.17, 15) is 0 Å². The molecule has 0 saturated carbocycles. The van der Waals surface area contributed by atoms with Crippen LogP contribution in [0, 0.1) is 25.2 Å². The molecule has 1 heterocycles. The fraction of sp³-hybridized carbons (Fsp3) is 0.429. The van der Waals surface area contributed by atoms with E-state index in [0.717, 1.165) is 0 Å². The van der Waals surface area contributed by atoms with Gasteiger partial charge in [0.25, 0.3) is 0 Å². The summed E-state index contributed by atoms with van der Waals surface area (Å²) in [5.74, 6) is 0. The summed E-state index contributed by atoms with van der Waals surface area (Å²) in [4.78, 5) is 1.29. The van der Waals surface area contributed by atoms with E-state index >= 15 is 0 Å². The van der Waals surface area contributed by atoms with E-state index in [-0.39, 0.29) is 12.4 Å². The third-order valence-corrected chi connectivity index (χ3v) is 2.55. The lowest BCUT2D eigenvalue weighted by molar-refractivity contribution is -0.686. The van der Waals surface area contributed by atoms with Crippen LogP contribution in [-0.2, 0) is 6.54 Å². The van der Waals surface area contributed by atoms with Gasteiger partial charge in [-0.1, -0.05) is 11.3 Å². The van der Waals surface area contributed by atoms with Crippen molar-refractivity contribution in [2.75, 3.05) is 0 Å². The molecule has 1 rings (SSSR count). The molecular formula is C7H9ClN2S. The molecule has 0 aliphatic rings. The molecule has 0 saturated heterocycles. The number of hydrogen-bond acceptors (Lipinski definition) is 2. The van der Waals surface area contributed by atoms with Gasteiger partial charge in [0.05, 0.1) is 4.88 Å². The molecule has 11 heavy (non-hydrogen) atoms. The Kier molecular flexibility index (Phi) is 4.09. The Morgan fingerprint density at radius 2 is 2.27 bits per heavy atom. The van der Waals surface area contributed by atoms with Crippen LogP contribution in [-0.4, -0.2) is 0 Å². The van der Waals surface area contributed by atoms with Crippen LogP contribution in [0.1, 0.15) is 10.6 Å². The molecule has 0 aliphatic heterocycles. The summed E-state index contributed by atoms with van der Waals surface area (Å²) in [7, 11) is 0. The molecule has 0 amide bonds. The summed E-state index contributed by atoms with van der Waals surface area (Å²) < 4.78 is 1.96. The zero-order valence-corrected chi connectivity index (χ0v) is 8.04. The van der Waals surface area contributed by atoms with E-state index in [1.54, 1.807) is 11.3 Å². The summed E-state index contributed by atoms with van der Waals surface area (Å²) in [5, 5.41) is 8.39. The highest BCUT2D eigenvalue weighted by atomic mass is 35.5. The molecular weight excluding hydrogens is 180 g/mol. The van der Waals surface area contributed by atoms with Gasteiger partial charge in [0.2, 0.25) is 12.1 Å². The first-order chi connectivity index (χ1) is 4.75. The number of nitrogens with zero attached hydrogens (tertiary/aromatic N) is 2. The van der Waals surface area contributed by atoms with Crippen molar-refractivity contribution in [2.45, 2.75) is 20.4 Å². The first-order valence-electron chi connectivity index (χ1n) is 3.07. The van der Waals surface area contributed by atoms with Crippen LogP contribution in [0.5, 0.6) is 0 Å². The largest absolute Gasteiger partial charge is 1.00 e. The summed E-state index contributed by atoms with van der Waals surface area (Å²) in [5.41, 5.74) is 3.18. The van der Waals surface area contributed by atoms with Gasteiger partial charge >= 0.3 is 0 Å². The minimum Gasteiger partial charge on any atom is -1.00 e. The Labute approximate surface area is 76.5 Å². The second-order valence-corrected chi connectivity index (χ2v) is 3.21. The standard InChI is InChI=1S/C7H9N2S.ClH/c1-6-7(2)10-5-9(6)4-3-8;/h5H,4H2,1-2H3;1H/q+1;/p-1. The highest BCUT2D eigenvalue weighted by Crippen LogP contribution is 2.06. The number of halogens is 1. The van der Waals surface area contributed by atoms with Gasteiger partial charge in [-0.3, -0.25) is 0 Å². The molecule has 0 bridgehead atoms. The van der Waals surface area contributed by atoms with Crippen molar-refractivity contribution < 1.29 is 17.0 Å². The Morgan fingerprint density at radius 1 is 1.64 bits per heavy atom. The number of hydrogen-bond donors (Lipinski definition) is 0. The zero-order valence-electron chi connectivity index (χ0n) is 6.47. The molecule has 0 spiro atoms. The fourth-order valence-electron chi connectivity index (χ4n) is 0.741. The normalized spacial score (nSPS) is 8.45. The van der Waals surface area contributed by atoms with Crippen molar-refractivity contribution >= 4 is 11.3 Å². The van der Waals surface area contributed by atoms with Crippen LogP contribution < -0.4 is 17.0 Å². The summed E-state index contributed by atoms with van der Waals surface area (Å²) in [6, 6.07) is 2.11. The minimum atomic E-state index is 0. The summed E-state index contributed by atoms with van der Waals surface area (Å²) >= 11 is 1.68. The number of thiazole rings is 1. The van der Waals surface area contributed by atoms with Crippen molar-refractivity contribution in [1.29, 1.82) is 5.26 Å². The van der Waals surface area contributed by atoms with Crippen LogP contribution >= 0.6 is 11.3 Å². The van der Waals surface area contributed by atoms with E-state index in [4.69, 9.17) is 5.26 Å². The van der Waals surface area contributed by atoms with Crippen LogP contribution in [0.4, 0.5) is 0 Å². The topological polar surface area (TPSA) is 27.7 Å². The molecule has 4 heteroatoms. The van der Waals surface area contributed by atoms with E-state index in [1.165, 1.54) is 10.6 Å². The van der Waals surface area contributed by atoms with Crippen molar-refractivity contribution in [3.05, 3.63) is 16.1 Å². The number of nitriles is 1. The van der Waals surface area contributed by atoms with Crippen molar-refractivity contribution in [2.24, 2.45) is 0 Å². The lowest BCUT2D eigenvalue weighted by Gasteiger charge is -1.84. The van der Waals surface area contributed by atoms with Crippen molar-refractivity contribution in [1.82, 2.24) is 0 Å². The molecule has 0 radical (unpaired) electrons. The fourth-order valence-corrected chi connectivity index (χ4v) is 1.55. The monoisotopic (exact) mass is 188 g/mol. The first kappa shape index (κ1) is 10.4. The SMILES string of the molecule is Cc1sc[n+](CC#N)c1C.[Cl-]. The third-order valence-electron chi connectivity index (χ3n) is 1.54. The predicted molar refractivity (Wildman–Crippen MR) is 39.6 cm³/mol. The Morgan fingerprint density at radius 3 is 2.64 bits per heavy atom. The molecule has 0 atom stereocenters. The second-order valence-electron chi connectivity index (χ2n) is 2.15. The maximum absolute atomic E-state index is 8.39. The molecule has 0 aromatic carbocycles. The quantitative estimate of drug-likeness (QED) is 0.477. The van der Waals surface area contributed by atoms with Gasteiger partial charge in [-0.25, -0.2) is 0 Å². The van der Waals surface area contributed by atoms with E-state index < -0.39 is 0 Å². The Balaban J connectivity index is 0.000001000. The molecule has 0 unspecified atom stereocenters. The van der Waals surface area contributed by atoms with E-state index in [0.29, 0.717) is 6.54 Å². The van der Waals surface area contributed by atoms with E-state index in [1.807, 2.05) is 17.0 Å². The van der Waals surface area contributed by atoms with Gasteiger partial charge in [0, 0.05) is 6.92 Å². The zero-order chi connectivity index (χ0) is 7.56. The maximum atomic E-state index is 8.39. The smallest absolute Gasteiger partial charge is 0.235 e. The average Bonchev–Trinajstić information content (AvgIpc) is 2.20. The van der Waals surface area contributed by atoms with Crippen LogP contribution in [0.3, 0.4) is 0 Å². The molecule has 1 aromatic rings. The molecule has 0 fully saturated rings. The second kappa shape index (κ2) is 4.32. The molecule has 0 aliphatic carbocycles. The first-order valence-corrected chi connectivity index (χ1v) is 3.94. The molecule has 0 N–H and O–H groups in total. The molecule has 60 valence electrons. The van der Waals surface area contributed by atoms with Gasteiger partial charge in [0.15, 0.2) is 5.69 Å². The lowest BCUT2D eigenvalue weighted by atomic mass is 10.4. The number of aryl methyl sites for hydroxylation is 1. The number of aromatic nitrogens is 1. The highest BCUT2D eigenvalue weighted by Gasteiger charge is 2.09. The molecule has 1 aromatic heterocycles. The Hall–Kier alpha value is -0.590. The van der Waals surface area contributed by atoms with Crippen molar-refractivity contribution in [3.63, 3.8) is 0 Å². The van der Waals surface area contributed by atoms with Gasteiger partial charge in [-0.2, -0.15) is 9.83 Å². The van der Waals surface area contributed by atoms with Crippen molar-refractivity contribution in [3.8, 4) is 6.07 Å². The Bertz CT molecular complexity index is 274. The van der Waals surface area contributed by atoms with Crippen LogP contribution in [0.25, 0.3) is 0 Å². The average molecular weight is 189 g/mol. The van der Waals surface area contributed by atoms with Gasteiger partial charge in [-0.15, -0.1) is 0 Å². The van der Waals surface area contributed by atoms with Crippen LogP contribution in [0.15, 0.2) is 5.51 Å². The highest BCUT2D eigenvalue weighted by molar-refractivity contribution is 7.09. The predicted octanol–water partition coefficient (Wildman–Crippen LogP) is -1.82. The van der Waals surface area contributed by atoms with Gasteiger partial charge in [0.1, 0.15) is 6.07 Å². The summed E-state index contributed by atoms with van der Waals surface area (Å²) in [6.45, 7) is 4.56.